The molecular formula is C24H22ClN5O2. The number of anilines is 1. The zero-order valence-electron chi connectivity index (χ0n) is 17.8. The Kier molecular flexibility index (Phi) is 5.36. The predicted molar refractivity (Wildman–Crippen MR) is 126 cm³/mol. The van der Waals surface area contributed by atoms with E-state index in [-0.39, 0.29) is 11.6 Å². The molecule has 5 rings (SSSR count). The van der Waals surface area contributed by atoms with E-state index in [0.717, 1.165) is 29.8 Å². The Morgan fingerprint density at radius 1 is 1.16 bits per heavy atom. The number of fused-ring (bicyclic) bond motifs is 1. The number of ether oxygens (including phenoxy) is 1. The lowest BCUT2D eigenvalue weighted by Gasteiger charge is -2.14. The van der Waals surface area contributed by atoms with Crippen molar-refractivity contribution in [1.82, 2.24) is 19.7 Å². The molecule has 0 aliphatic carbocycles. The highest BCUT2D eigenvalue weighted by molar-refractivity contribution is 6.30. The maximum Gasteiger partial charge on any atom is 0.298 e. The molecule has 4 heterocycles. The largest absolute Gasteiger partial charge is 0.379 e. The second-order valence-corrected chi connectivity index (χ2v) is 8.40. The van der Waals surface area contributed by atoms with Gasteiger partial charge in [0.1, 0.15) is 17.0 Å². The molecule has 1 atom stereocenters. The number of pyridine rings is 2. The third-order valence-electron chi connectivity index (χ3n) is 5.70. The fourth-order valence-corrected chi connectivity index (χ4v) is 3.96. The van der Waals surface area contributed by atoms with E-state index in [0.29, 0.717) is 39.7 Å². The van der Waals surface area contributed by atoms with Gasteiger partial charge in [-0.05, 0) is 50.1 Å². The summed E-state index contributed by atoms with van der Waals surface area (Å²) in [7, 11) is 0. The molecule has 1 fully saturated rings. The number of aryl methyl sites for hydroxylation is 2. The van der Waals surface area contributed by atoms with Crippen molar-refractivity contribution >= 4 is 28.3 Å². The monoisotopic (exact) mass is 447 g/mol. The highest BCUT2D eigenvalue weighted by Crippen LogP contribution is 2.27. The summed E-state index contributed by atoms with van der Waals surface area (Å²) in [5.41, 5.74) is 4.05. The van der Waals surface area contributed by atoms with Crippen LogP contribution in [0, 0.1) is 13.8 Å². The number of benzene rings is 1. The Labute approximate surface area is 190 Å². The van der Waals surface area contributed by atoms with Gasteiger partial charge in [-0.3, -0.25) is 4.79 Å². The second-order valence-electron chi connectivity index (χ2n) is 7.96. The van der Waals surface area contributed by atoms with Crippen LogP contribution >= 0.6 is 11.6 Å². The molecule has 0 bridgehead atoms. The molecule has 1 saturated heterocycles. The van der Waals surface area contributed by atoms with Gasteiger partial charge in [-0.25, -0.2) is 9.97 Å². The van der Waals surface area contributed by atoms with E-state index in [9.17, 15) is 4.79 Å². The topological polar surface area (TPSA) is 81.9 Å². The van der Waals surface area contributed by atoms with Gasteiger partial charge >= 0.3 is 0 Å². The van der Waals surface area contributed by atoms with Crippen LogP contribution in [-0.4, -0.2) is 39.0 Å². The number of nitrogens with one attached hydrogen (secondary N) is 1. The van der Waals surface area contributed by atoms with Crippen LogP contribution in [0.4, 0.5) is 5.82 Å². The van der Waals surface area contributed by atoms with E-state index >= 15 is 0 Å². The van der Waals surface area contributed by atoms with Crippen molar-refractivity contribution in [2.75, 3.05) is 18.5 Å². The first-order chi connectivity index (χ1) is 15.5. The Morgan fingerprint density at radius 2 is 1.97 bits per heavy atom. The Hall–Kier alpha value is -3.29. The summed E-state index contributed by atoms with van der Waals surface area (Å²) in [6.45, 7) is 5.26. The summed E-state index contributed by atoms with van der Waals surface area (Å²) in [4.78, 5) is 22.5. The molecule has 3 aromatic heterocycles. The molecule has 162 valence electrons. The van der Waals surface area contributed by atoms with Gasteiger partial charge < -0.3 is 10.1 Å². The van der Waals surface area contributed by atoms with Gasteiger partial charge in [-0.1, -0.05) is 23.7 Å². The van der Waals surface area contributed by atoms with Crippen molar-refractivity contribution in [3.05, 3.63) is 75.3 Å². The lowest BCUT2D eigenvalue weighted by molar-refractivity contribution is 0.195. The normalized spacial score (nSPS) is 15.9. The number of hydrogen-bond acceptors (Lipinski definition) is 6. The van der Waals surface area contributed by atoms with E-state index in [1.165, 1.54) is 4.68 Å². The van der Waals surface area contributed by atoms with Crippen LogP contribution in [0.5, 0.6) is 0 Å². The van der Waals surface area contributed by atoms with E-state index in [1.807, 2.05) is 50.2 Å². The summed E-state index contributed by atoms with van der Waals surface area (Å²) in [5, 5.41) is 9.47. The summed E-state index contributed by atoms with van der Waals surface area (Å²) in [6.07, 6.45) is 2.59. The first kappa shape index (κ1) is 20.6. The van der Waals surface area contributed by atoms with Crippen molar-refractivity contribution in [2.24, 2.45) is 0 Å². The molecule has 0 saturated carbocycles. The zero-order valence-corrected chi connectivity index (χ0v) is 18.6. The van der Waals surface area contributed by atoms with Crippen molar-refractivity contribution in [2.45, 2.75) is 26.3 Å². The molecule has 1 aliphatic rings. The fourth-order valence-electron chi connectivity index (χ4n) is 3.83. The lowest BCUT2D eigenvalue weighted by Crippen LogP contribution is -2.24. The number of nitrogens with zero attached hydrogens (tertiary/aromatic N) is 4. The average Bonchev–Trinajstić information content (AvgIpc) is 3.29. The first-order valence-electron chi connectivity index (χ1n) is 10.5. The summed E-state index contributed by atoms with van der Waals surface area (Å²) in [6, 6.07) is 13.2. The summed E-state index contributed by atoms with van der Waals surface area (Å²) in [5.74, 6) is 0.674. The van der Waals surface area contributed by atoms with Gasteiger partial charge in [0.15, 0.2) is 0 Å². The quantitative estimate of drug-likeness (QED) is 0.502. The van der Waals surface area contributed by atoms with Crippen LogP contribution in [0.15, 0.2) is 53.5 Å². The van der Waals surface area contributed by atoms with E-state index in [4.69, 9.17) is 21.4 Å². The van der Waals surface area contributed by atoms with Crippen LogP contribution in [0.1, 0.15) is 17.7 Å². The first-order valence-corrected chi connectivity index (χ1v) is 10.9. The molecule has 1 aliphatic heterocycles. The van der Waals surface area contributed by atoms with Gasteiger partial charge in [0, 0.05) is 40.5 Å². The van der Waals surface area contributed by atoms with Crippen molar-refractivity contribution in [3.63, 3.8) is 0 Å². The minimum Gasteiger partial charge on any atom is -0.379 e. The van der Waals surface area contributed by atoms with Gasteiger partial charge in [-0.15, -0.1) is 0 Å². The number of aromatic nitrogens is 4. The number of halogens is 1. The van der Waals surface area contributed by atoms with Crippen LogP contribution in [-0.2, 0) is 4.74 Å². The molecule has 0 amide bonds. The van der Waals surface area contributed by atoms with Gasteiger partial charge in [-0.2, -0.15) is 9.78 Å². The maximum absolute atomic E-state index is 13.4. The minimum atomic E-state index is -0.276. The molecule has 32 heavy (non-hydrogen) atoms. The SMILES string of the molecule is Cc1cc2c(-c3ccc(Cl)cc3)nn(-c3ccnc(NC4CCOC4)c3)c(=O)c2nc1C. The van der Waals surface area contributed by atoms with E-state index < -0.39 is 0 Å². The molecule has 8 heteroatoms. The van der Waals surface area contributed by atoms with Crippen LogP contribution in [0.2, 0.25) is 5.02 Å². The highest BCUT2D eigenvalue weighted by atomic mass is 35.5. The Bertz CT molecular complexity index is 1360. The molecular weight excluding hydrogens is 426 g/mol. The standard InChI is InChI=1S/C24H22ClN5O2/c1-14-11-20-22(16-3-5-17(25)6-4-16)29-30(24(31)23(20)27-15(14)2)19-7-9-26-21(12-19)28-18-8-10-32-13-18/h3-7,9,11-12,18H,8,10,13H2,1-2H3,(H,26,28). The summed E-state index contributed by atoms with van der Waals surface area (Å²) >= 11 is 6.09. The van der Waals surface area contributed by atoms with E-state index in [2.05, 4.69) is 15.3 Å². The highest BCUT2D eigenvalue weighted by Gasteiger charge is 2.18. The van der Waals surface area contributed by atoms with Crippen LogP contribution < -0.4 is 10.9 Å². The molecule has 1 unspecified atom stereocenters. The Balaban J connectivity index is 1.70. The van der Waals surface area contributed by atoms with E-state index in [1.54, 1.807) is 12.3 Å². The molecule has 0 spiro atoms. The average molecular weight is 448 g/mol. The Morgan fingerprint density at radius 3 is 2.72 bits per heavy atom. The molecule has 1 N–H and O–H groups in total. The fraction of sp³-hybridized carbons (Fsp3) is 0.250. The lowest BCUT2D eigenvalue weighted by atomic mass is 10.1. The maximum atomic E-state index is 13.4. The van der Waals surface area contributed by atoms with Gasteiger partial charge in [0.25, 0.3) is 5.56 Å². The molecule has 0 radical (unpaired) electrons. The number of hydrogen-bond donors (Lipinski definition) is 1. The smallest absolute Gasteiger partial charge is 0.298 e. The predicted octanol–water partition coefficient (Wildman–Crippen LogP) is 4.31. The van der Waals surface area contributed by atoms with Crippen LogP contribution in [0.25, 0.3) is 27.8 Å². The third kappa shape index (κ3) is 3.85. The third-order valence-corrected chi connectivity index (χ3v) is 5.96. The van der Waals surface area contributed by atoms with Gasteiger partial charge in [0.05, 0.1) is 18.3 Å². The molecule has 1 aromatic carbocycles. The van der Waals surface area contributed by atoms with Crippen LogP contribution in [0.3, 0.4) is 0 Å². The molecule has 7 nitrogen and oxygen atoms in total. The van der Waals surface area contributed by atoms with Crippen molar-refractivity contribution < 1.29 is 4.74 Å². The van der Waals surface area contributed by atoms with Crippen molar-refractivity contribution in [3.8, 4) is 16.9 Å². The molecule has 4 aromatic rings. The number of rotatable bonds is 4. The van der Waals surface area contributed by atoms with Crippen molar-refractivity contribution in [1.29, 1.82) is 0 Å². The minimum absolute atomic E-state index is 0.205. The van der Waals surface area contributed by atoms with Gasteiger partial charge in [0.2, 0.25) is 0 Å². The second kappa shape index (κ2) is 8.33. The zero-order chi connectivity index (χ0) is 22.2. The summed E-state index contributed by atoms with van der Waals surface area (Å²) < 4.78 is 6.82.